The molecule has 11 rings (SSSR count). The molecule has 57 heavy (non-hydrogen) atoms. The summed E-state index contributed by atoms with van der Waals surface area (Å²) >= 11 is 3.62. The average molecular weight is 763 g/mol. The van der Waals surface area contributed by atoms with E-state index in [1.807, 2.05) is 11.3 Å². The number of nitrogens with zero attached hydrogens (tertiary/aromatic N) is 2. The van der Waals surface area contributed by atoms with Crippen LogP contribution in [0.3, 0.4) is 0 Å². The molecule has 4 heteroatoms. The van der Waals surface area contributed by atoms with Crippen molar-refractivity contribution in [3.8, 4) is 44.0 Å². The molecule has 0 unspecified atom stereocenters. The van der Waals surface area contributed by atoms with Crippen molar-refractivity contribution < 1.29 is 0 Å². The molecule has 11 aromatic rings. The first-order valence-corrected chi connectivity index (χ1v) is 20.8. The zero-order valence-electron chi connectivity index (χ0n) is 30.8. The summed E-state index contributed by atoms with van der Waals surface area (Å²) in [5.74, 6) is 0. The van der Waals surface area contributed by atoms with Gasteiger partial charge in [-0.05, 0) is 80.6 Å². The highest BCUT2D eigenvalue weighted by atomic mass is 32.1. The van der Waals surface area contributed by atoms with Gasteiger partial charge in [-0.1, -0.05) is 170 Å². The van der Waals surface area contributed by atoms with Crippen molar-refractivity contribution in [3.05, 3.63) is 206 Å². The van der Waals surface area contributed by atoms with Gasteiger partial charge in [0.05, 0.1) is 15.1 Å². The van der Waals surface area contributed by atoms with Gasteiger partial charge >= 0.3 is 0 Å². The molecule has 0 saturated heterocycles. The van der Waals surface area contributed by atoms with E-state index in [4.69, 9.17) is 4.98 Å². The molecule has 2 aromatic heterocycles. The van der Waals surface area contributed by atoms with Crippen molar-refractivity contribution in [2.45, 2.75) is 0 Å². The van der Waals surface area contributed by atoms with E-state index in [1.165, 1.54) is 69.0 Å². The van der Waals surface area contributed by atoms with Crippen LogP contribution in [0, 0.1) is 0 Å². The molecule has 0 aliphatic rings. The maximum Gasteiger partial charge on any atom is 0.124 e. The van der Waals surface area contributed by atoms with Gasteiger partial charge in [-0.25, -0.2) is 4.98 Å². The molecule has 0 saturated carbocycles. The van der Waals surface area contributed by atoms with Crippen LogP contribution in [-0.2, 0) is 0 Å². The van der Waals surface area contributed by atoms with Crippen LogP contribution in [0.1, 0.15) is 0 Å². The molecule has 0 aliphatic heterocycles. The first-order valence-electron chi connectivity index (χ1n) is 19.2. The van der Waals surface area contributed by atoms with Crippen LogP contribution in [0.5, 0.6) is 0 Å². The fourth-order valence-electron chi connectivity index (χ4n) is 8.19. The van der Waals surface area contributed by atoms with E-state index in [0.717, 1.165) is 33.1 Å². The van der Waals surface area contributed by atoms with Gasteiger partial charge in [-0.2, -0.15) is 0 Å². The Morgan fingerprint density at radius 2 is 0.825 bits per heavy atom. The van der Waals surface area contributed by atoms with Crippen LogP contribution in [-0.4, -0.2) is 4.98 Å². The summed E-state index contributed by atoms with van der Waals surface area (Å²) in [6.07, 6.45) is 0. The van der Waals surface area contributed by atoms with Crippen LogP contribution in [0.2, 0.25) is 0 Å². The Hall–Kier alpha value is -6.85. The molecule has 268 valence electrons. The number of aromatic nitrogens is 1. The van der Waals surface area contributed by atoms with Crippen molar-refractivity contribution in [2.75, 3.05) is 4.90 Å². The SMILES string of the molecule is c1ccc(-c2ccc(N(c3ccc(-c4ccc(-c5ccccc5)c5ccccc45)cc3)c3c4nc(-c5ccccc5)sc4cc4c3sc3ccccc34)cc2)cc1. The van der Waals surface area contributed by atoms with Crippen LogP contribution in [0.25, 0.3) is 85.1 Å². The highest BCUT2D eigenvalue weighted by Crippen LogP contribution is 2.50. The van der Waals surface area contributed by atoms with Gasteiger partial charge in [0.2, 0.25) is 0 Å². The average Bonchev–Trinajstić information content (AvgIpc) is 3.89. The first kappa shape index (κ1) is 33.5. The zero-order valence-corrected chi connectivity index (χ0v) is 32.5. The van der Waals surface area contributed by atoms with Crippen molar-refractivity contribution >= 4 is 80.9 Å². The Labute approximate surface area is 339 Å². The minimum absolute atomic E-state index is 1.01. The molecule has 0 bridgehead atoms. The monoisotopic (exact) mass is 762 g/mol. The Morgan fingerprint density at radius 1 is 0.351 bits per heavy atom. The highest BCUT2D eigenvalue weighted by Gasteiger charge is 2.24. The predicted octanol–water partition coefficient (Wildman–Crippen LogP) is 16.0. The predicted molar refractivity (Wildman–Crippen MR) is 246 cm³/mol. The molecule has 2 heterocycles. The molecule has 0 N–H and O–H groups in total. The fraction of sp³-hybridized carbons (Fsp3) is 0. The third-order valence-electron chi connectivity index (χ3n) is 10.9. The van der Waals surface area contributed by atoms with Gasteiger partial charge in [0.1, 0.15) is 10.5 Å². The van der Waals surface area contributed by atoms with Crippen molar-refractivity contribution in [1.82, 2.24) is 4.98 Å². The molecule has 2 nitrogen and oxygen atoms in total. The summed E-state index contributed by atoms with van der Waals surface area (Å²) < 4.78 is 3.68. The van der Waals surface area contributed by atoms with Gasteiger partial charge in [-0.3, -0.25) is 0 Å². The molecular weight excluding hydrogens is 729 g/mol. The van der Waals surface area contributed by atoms with Gasteiger partial charge in [0, 0.05) is 32.4 Å². The van der Waals surface area contributed by atoms with Crippen LogP contribution < -0.4 is 4.90 Å². The second-order valence-electron chi connectivity index (χ2n) is 14.3. The summed E-state index contributed by atoms with van der Waals surface area (Å²) in [6, 6.07) is 74.4. The summed E-state index contributed by atoms with van der Waals surface area (Å²) in [5, 5.41) is 6.05. The largest absolute Gasteiger partial charge is 0.307 e. The van der Waals surface area contributed by atoms with E-state index in [0.29, 0.717) is 0 Å². The third kappa shape index (κ3) is 5.89. The van der Waals surface area contributed by atoms with E-state index >= 15 is 0 Å². The van der Waals surface area contributed by atoms with E-state index in [-0.39, 0.29) is 0 Å². The van der Waals surface area contributed by atoms with Crippen molar-refractivity contribution in [1.29, 1.82) is 0 Å². The molecule has 0 amide bonds. The lowest BCUT2D eigenvalue weighted by Gasteiger charge is -2.27. The quantitative estimate of drug-likeness (QED) is 0.161. The standard InChI is InChI=1S/C53H34N2S2/c1-4-14-35(15-5-1)36-24-28-40(29-25-36)55(41-30-26-38(27-31-41)43-33-32-42(37-16-6-2-7-17-37)44-20-10-11-21-45(43)44)51-50-49(57-53(54-50)39-18-8-3-9-19-39)34-47-46-22-12-13-23-48(46)56-52(47)51/h1-34H. The third-order valence-corrected chi connectivity index (χ3v) is 13.2. The summed E-state index contributed by atoms with van der Waals surface area (Å²) in [5.41, 5.74) is 12.7. The van der Waals surface area contributed by atoms with Gasteiger partial charge < -0.3 is 4.90 Å². The number of hydrogen-bond donors (Lipinski definition) is 0. The number of fused-ring (bicyclic) bond motifs is 5. The lowest BCUT2D eigenvalue weighted by Crippen LogP contribution is -2.11. The van der Waals surface area contributed by atoms with Crippen LogP contribution >= 0.6 is 22.7 Å². The Balaban J connectivity index is 1.12. The summed E-state index contributed by atoms with van der Waals surface area (Å²) in [4.78, 5) is 7.89. The number of thiazole rings is 1. The van der Waals surface area contributed by atoms with E-state index in [1.54, 1.807) is 11.3 Å². The number of rotatable bonds is 7. The highest BCUT2D eigenvalue weighted by molar-refractivity contribution is 7.27. The van der Waals surface area contributed by atoms with Crippen molar-refractivity contribution in [2.24, 2.45) is 0 Å². The molecule has 0 aliphatic carbocycles. The van der Waals surface area contributed by atoms with Crippen LogP contribution in [0.15, 0.2) is 206 Å². The van der Waals surface area contributed by atoms with Gasteiger partial charge in [0.25, 0.3) is 0 Å². The number of anilines is 3. The smallest absolute Gasteiger partial charge is 0.124 e. The second-order valence-corrected chi connectivity index (χ2v) is 16.4. The topological polar surface area (TPSA) is 16.1 Å². The lowest BCUT2D eigenvalue weighted by molar-refractivity contribution is 1.30. The maximum atomic E-state index is 5.46. The number of hydrogen-bond acceptors (Lipinski definition) is 4. The lowest BCUT2D eigenvalue weighted by atomic mass is 9.92. The maximum absolute atomic E-state index is 5.46. The fourth-order valence-corrected chi connectivity index (χ4v) is 10.4. The van der Waals surface area contributed by atoms with Gasteiger partial charge in [-0.15, -0.1) is 22.7 Å². The molecular formula is C53H34N2S2. The molecule has 0 radical (unpaired) electrons. The number of thiophene rings is 1. The second kappa shape index (κ2) is 14.0. The molecule has 0 atom stereocenters. The van der Waals surface area contributed by atoms with Crippen molar-refractivity contribution in [3.63, 3.8) is 0 Å². The Bertz CT molecular complexity index is 3200. The molecule has 0 spiro atoms. The summed E-state index contributed by atoms with van der Waals surface area (Å²) in [7, 11) is 0. The summed E-state index contributed by atoms with van der Waals surface area (Å²) in [6.45, 7) is 0. The normalized spacial score (nSPS) is 11.5. The zero-order chi connectivity index (χ0) is 37.7. The molecule has 9 aromatic carbocycles. The molecule has 0 fully saturated rings. The minimum Gasteiger partial charge on any atom is -0.307 e. The van der Waals surface area contributed by atoms with E-state index in [9.17, 15) is 0 Å². The van der Waals surface area contributed by atoms with E-state index in [2.05, 4.69) is 211 Å². The van der Waals surface area contributed by atoms with E-state index < -0.39 is 0 Å². The minimum atomic E-state index is 1.01. The Morgan fingerprint density at radius 3 is 1.44 bits per heavy atom. The first-order chi connectivity index (χ1) is 28.3. The van der Waals surface area contributed by atoms with Gasteiger partial charge in [0.15, 0.2) is 0 Å². The van der Waals surface area contributed by atoms with Crippen LogP contribution in [0.4, 0.5) is 17.1 Å². The Kier molecular flexibility index (Phi) is 8.24. The number of benzene rings is 9.